The third-order valence-electron chi connectivity index (χ3n) is 4.65. The van der Waals surface area contributed by atoms with Crippen LogP contribution in [0.3, 0.4) is 0 Å². The summed E-state index contributed by atoms with van der Waals surface area (Å²) in [5, 5.41) is 14.2. The summed E-state index contributed by atoms with van der Waals surface area (Å²) in [4.78, 5) is 12.5. The lowest BCUT2D eigenvalue weighted by Gasteiger charge is -2.08. The van der Waals surface area contributed by atoms with Gasteiger partial charge in [-0.25, -0.2) is 9.07 Å². The number of aryl methyl sites for hydroxylation is 1. The Kier molecular flexibility index (Phi) is 4.06. The van der Waals surface area contributed by atoms with Crippen LogP contribution in [0, 0.1) is 12.7 Å². The largest absolute Gasteiger partial charge is 0.309 e. The summed E-state index contributed by atoms with van der Waals surface area (Å²) in [5.41, 5.74) is 3.26. The van der Waals surface area contributed by atoms with E-state index >= 15 is 0 Å². The molecule has 7 heteroatoms. The lowest BCUT2D eigenvalue weighted by atomic mass is 10.0. The number of halogens is 1. The van der Waals surface area contributed by atoms with E-state index in [-0.39, 0.29) is 11.7 Å². The van der Waals surface area contributed by atoms with Crippen molar-refractivity contribution < 1.29 is 9.18 Å². The topological polar surface area (TPSA) is 75.6 Å². The van der Waals surface area contributed by atoms with Crippen LogP contribution < -0.4 is 5.32 Å². The van der Waals surface area contributed by atoms with Crippen LogP contribution in [0.15, 0.2) is 36.7 Å². The molecule has 2 N–H and O–H groups in total. The fourth-order valence-electron chi connectivity index (χ4n) is 2.94. The van der Waals surface area contributed by atoms with Crippen LogP contribution in [0.4, 0.5) is 10.2 Å². The first-order chi connectivity index (χ1) is 12.5. The third kappa shape index (κ3) is 3.37. The molecule has 134 valence electrons. The van der Waals surface area contributed by atoms with Gasteiger partial charge in [0.2, 0.25) is 5.91 Å². The predicted octanol–water partition coefficient (Wildman–Crippen LogP) is 3.66. The van der Waals surface area contributed by atoms with Gasteiger partial charge in [-0.05, 0) is 50.5 Å². The zero-order valence-corrected chi connectivity index (χ0v) is 14.7. The Bertz CT molecular complexity index is 936. The Morgan fingerprint density at radius 2 is 2.15 bits per heavy atom. The first kappa shape index (κ1) is 16.5. The number of carbonyl (C=O) groups is 1. The van der Waals surface area contributed by atoms with Gasteiger partial charge >= 0.3 is 0 Å². The fourth-order valence-corrected chi connectivity index (χ4v) is 2.94. The van der Waals surface area contributed by atoms with Crippen LogP contribution in [0.5, 0.6) is 0 Å². The lowest BCUT2D eigenvalue weighted by Crippen LogP contribution is -2.18. The Labute approximate surface area is 150 Å². The zero-order valence-electron chi connectivity index (χ0n) is 14.7. The van der Waals surface area contributed by atoms with E-state index in [2.05, 4.69) is 20.6 Å². The molecule has 4 rings (SSSR count). The van der Waals surface area contributed by atoms with Gasteiger partial charge in [0.25, 0.3) is 0 Å². The predicted molar refractivity (Wildman–Crippen MR) is 95.9 cm³/mol. The summed E-state index contributed by atoms with van der Waals surface area (Å²) in [6, 6.07) is 6.61. The molecule has 1 fully saturated rings. The van der Waals surface area contributed by atoms with Gasteiger partial charge in [-0.1, -0.05) is 0 Å². The van der Waals surface area contributed by atoms with E-state index in [0.717, 1.165) is 16.8 Å². The number of carbonyl (C=O) groups excluding carboxylic acids is 1. The minimum atomic E-state index is -0.403. The summed E-state index contributed by atoms with van der Waals surface area (Å²) < 4.78 is 15.2. The second-order valence-electron chi connectivity index (χ2n) is 6.90. The number of hydrogen-bond acceptors (Lipinski definition) is 3. The minimum Gasteiger partial charge on any atom is -0.309 e. The molecule has 2 heterocycles. The van der Waals surface area contributed by atoms with Gasteiger partial charge in [-0.15, -0.1) is 0 Å². The molecule has 3 aromatic rings. The van der Waals surface area contributed by atoms with Gasteiger partial charge in [0.15, 0.2) is 5.82 Å². The van der Waals surface area contributed by atoms with E-state index < -0.39 is 5.92 Å². The molecule has 0 saturated heterocycles. The normalized spacial score (nSPS) is 15.0. The standard InChI is InChI=1S/C19H20FN5O/c1-11-5-15(20)7-16(6-11)25-10-14(9-21-25)12(2)19(26)22-18-8-17(23-24-18)13-3-4-13/h5-10,12-13H,3-4H2,1-2H3,(H2,22,23,24,26)/t12-/m1/s1. The van der Waals surface area contributed by atoms with Crippen molar-refractivity contribution in [3.05, 3.63) is 59.3 Å². The summed E-state index contributed by atoms with van der Waals surface area (Å²) in [6.45, 7) is 3.63. The third-order valence-corrected chi connectivity index (χ3v) is 4.65. The summed E-state index contributed by atoms with van der Waals surface area (Å²) >= 11 is 0. The number of benzene rings is 1. The molecule has 1 saturated carbocycles. The van der Waals surface area contributed by atoms with Crippen molar-refractivity contribution in [1.82, 2.24) is 20.0 Å². The molecule has 1 aromatic carbocycles. The van der Waals surface area contributed by atoms with Gasteiger partial charge < -0.3 is 5.32 Å². The van der Waals surface area contributed by atoms with Gasteiger partial charge in [0, 0.05) is 29.4 Å². The van der Waals surface area contributed by atoms with Gasteiger partial charge in [-0.3, -0.25) is 9.89 Å². The summed E-state index contributed by atoms with van der Waals surface area (Å²) in [6.07, 6.45) is 5.72. The van der Waals surface area contributed by atoms with E-state index in [0.29, 0.717) is 17.4 Å². The molecule has 0 radical (unpaired) electrons. The number of H-pyrrole nitrogens is 1. The molecule has 0 unspecified atom stereocenters. The molecule has 2 aromatic heterocycles. The van der Waals surface area contributed by atoms with Gasteiger partial charge in [0.1, 0.15) is 5.82 Å². The van der Waals surface area contributed by atoms with Crippen molar-refractivity contribution in [2.75, 3.05) is 5.32 Å². The van der Waals surface area contributed by atoms with Crippen LogP contribution >= 0.6 is 0 Å². The van der Waals surface area contributed by atoms with Crippen molar-refractivity contribution in [2.24, 2.45) is 0 Å². The summed E-state index contributed by atoms with van der Waals surface area (Å²) in [7, 11) is 0. The van der Waals surface area contributed by atoms with Crippen molar-refractivity contribution in [3.8, 4) is 5.69 Å². The van der Waals surface area contributed by atoms with E-state index in [1.54, 1.807) is 17.1 Å². The highest BCUT2D eigenvalue weighted by molar-refractivity contribution is 5.94. The van der Waals surface area contributed by atoms with Crippen molar-refractivity contribution >= 4 is 11.7 Å². The van der Waals surface area contributed by atoms with Crippen molar-refractivity contribution in [2.45, 2.75) is 38.5 Å². The molecular weight excluding hydrogens is 333 g/mol. The Balaban J connectivity index is 1.47. The fraction of sp³-hybridized carbons (Fsp3) is 0.316. The number of anilines is 1. The maximum Gasteiger partial charge on any atom is 0.232 e. The number of aromatic amines is 1. The number of nitrogens with one attached hydrogen (secondary N) is 2. The van der Waals surface area contributed by atoms with Crippen molar-refractivity contribution in [1.29, 1.82) is 0 Å². The summed E-state index contributed by atoms with van der Waals surface area (Å²) in [5.74, 6) is 0.219. The van der Waals surface area contributed by atoms with Crippen LogP contribution in [0.2, 0.25) is 0 Å². The first-order valence-corrected chi connectivity index (χ1v) is 8.68. The first-order valence-electron chi connectivity index (χ1n) is 8.68. The van der Waals surface area contributed by atoms with E-state index in [9.17, 15) is 9.18 Å². The smallest absolute Gasteiger partial charge is 0.232 e. The van der Waals surface area contributed by atoms with Crippen molar-refractivity contribution in [3.63, 3.8) is 0 Å². The molecule has 0 spiro atoms. The average molecular weight is 353 g/mol. The Hall–Kier alpha value is -2.96. The SMILES string of the molecule is Cc1cc(F)cc(-n2cc([C@@H](C)C(=O)Nc3cc(C4CC4)[nH]n3)cn2)c1. The molecule has 26 heavy (non-hydrogen) atoms. The zero-order chi connectivity index (χ0) is 18.3. The van der Waals surface area contributed by atoms with Crippen LogP contribution in [-0.4, -0.2) is 25.9 Å². The Morgan fingerprint density at radius 1 is 1.35 bits per heavy atom. The highest BCUT2D eigenvalue weighted by atomic mass is 19.1. The Morgan fingerprint density at radius 3 is 2.88 bits per heavy atom. The second-order valence-corrected chi connectivity index (χ2v) is 6.90. The molecule has 0 aliphatic heterocycles. The average Bonchev–Trinajstić information content (AvgIpc) is 3.15. The highest BCUT2D eigenvalue weighted by Crippen LogP contribution is 2.39. The van der Waals surface area contributed by atoms with E-state index in [1.807, 2.05) is 26.0 Å². The molecular formula is C19H20FN5O. The van der Waals surface area contributed by atoms with Crippen LogP contribution in [0.25, 0.3) is 5.69 Å². The van der Waals surface area contributed by atoms with Gasteiger partial charge in [0.05, 0.1) is 17.8 Å². The monoisotopic (exact) mass is 353 g/mol. The van der Waals surface area contributed by atoms with E-state index in [4.69, 9.17) is 0 Å². The van der Waals surface area contributed by atoms with Crippen LogP contribution in [0.1, 0.15) is 48.4 Å². The lowest BCUT2D eigenvalue weighted by molar-refractivity contribution is -0.117. The number of hydrogen-bond donors (Lipinski definition) is 2. The second kappa shape index (κ2) is 6.40. The highest BCUT2D eigenvalue weighted by Gasteiger charge is 2.26. The molecule has 6 nitrogen and oxygen atoms in total. The maximum atomic E-state index is 13.6. The number of aromatic nitrogens is 4. The van der Waals surface area contributed by atoms with E-state index in [1.165, 1.54) is 25.0 Å². The quantitative estimate of drug-likeness (QED) is 0.735. The van der Waals surface area contributed by atoms with Crippen LogP contribution in [-0.2, 0) is 4.79 Å². The molecule has 1 amide bonds. The molecule has 0 bridgehead atoms. The number of nitrogens with zero attached hydrogens (tertiary/aromatic N) is 3. The molecule has 1 atom stereocenters. The molecule has 1 aliphatic rings. The van der Waals surface area contributed by atoms with Gasteiger partial charge in [-0.2, -0.15) is 10.2 Å². The number of rotatable bonds is 5. The maximum absolute atomic E-state index is 13.6. The molecule has 1 aliphatic carbocycles. The number of amides is 1. The minimum absolute atomic E-state index is 0.159.